The first kappa shape index (κ1) is 62.8. The molecule has 0 bridgehead atoms. The van der Waals surface area contributed by atoms with E-state index in [4.69, 9.17) is 9.47 Å². The van der Waals surface area contributed by atoms with Gasteiger partial charge in [-0.2, -0.15) is 0 Å². The van der Waals surface area contributed by atoms with Crippen LogP contribution in [0.25, 0.3) is 0 Å². The van der Waals surface area contributed by atoms with Crippen LogP contribution in [-0.4, -0.2) is 57.1 Å². The molecule has 10 unspecified atom stereocenters. The van der Waals surface area contributed by atoms with Crippen molar-refractivity contribution in [1.82, 2.24) is 4.90 Å². The van der Waals surface area contributed by atoms with Gasteiger partial charge in [0.15, 0.2) is 0 Å². The molecular formula is C65H119NO4. The average molecular weight is 979 g/mol. The van der Waals surface area contributed by atoms with Gasteiger partial charge in [0.25, 0.3) is 0 Å². The molecular weight excluding hydrogens is 859 g/mol. The van der Waals surface area contributed by atoms with E-state index in [0.717, 1.165) is 92.3 Å². The molecule has 4 aliphatic rings. The van der Waals surface area contributed by atoms with Crippen molar-refractivity contribution in [3.63, 3.8) is 0 Å². The molecule has 0 N–H and O–H groups in total. The molecule has 70 heavy (non-hydrogen) atoms. The lowest BCUT2D eigenvalue weighted by Crippen LogP contribution is -2.50. The summed E-state index contributed by atoms with van der Waals surface area (Å²) < 4.78 is 11.8. The second-order valence-corrected chi connectivity index (χ2v) is 25.1. The molecule has 4 rings (SSSR count). The van der Waals surface area contributed by atoms with Gasteiger partial charge in [0.1, 0.15) is 12.4 Å². The maximum Gasteiger partial charge on any atom is 0.306 e. The van der Waals surface area contributed by atoms with Crippen LogP contribution >= 0.6 is 0 Å². The summed E-state index contributed by atoms with van der Waals surface area (Å²) >= 11 is 0. The largest absolute Gasteiger partial charge is 0.462 e. The highest BCUT2D eigenvalue weighted by Crippen LogP contribution is 2.67. The average Bonchev–Trinajstić information content (AvgIpc) is 3.70. The molecule has 3 saturated carbocycles. The molecule has 0 spiro atoms. The van der Waals surface area contributed by atoms with Crippen molar-refractivity contribution in [1.29, 1.82) is 0 Å². The fourth-order valence-corrected chi connectivity index (χ4v) is 14.6. The van der Waals surface area contributed by atoms with E-state index in [1.54, 1.807) is 5.57 Å². The molecule has 0 aromatic rings. The predicted molar refractivity (Wildman–Crippen MR) is 302 cm³/mol. The minimum Gasteiger partial charge on any atom is -0.462 e. The van der Waals surface area contributed by atoms with Gasteiger partial charge in [0.2, 0.25) is 0 Å². The van der Waals surface area contributed by atoms with E-state index < -0.39 is 0 Å². The highest BCUT2D eigenvalue weighted by molar-refractivity contribution is 5.69. The van der Waals surface area contributed by atoms with Crippen molar-refractivity contribution in [2.45, 2.75) is 292 Å². The molecule has 5 nitrogen and oxygen atoms in total. The van der Waals surface area contributed by atoms with Crippen molar-refractivity contribution in [2.24, 2.45) is 58.2 Å². The Bertz CT molecular complexity index is 1400. The van der Waals surface area contributed by atoms with Crippen LogP contribution in [0.1, 0.15) is 280 Å². The minimum atomic E-state index is 0.0381. The zero-order valence-corrected chi connectivity index (χ0v) is 48.6. The van der Waals surface area contributed by atoms with Crippen LogP contribution in [0.5, 0.6) is 0 Å². The second kappa shape index (κ2) is 35.7. The molecule has 408 valence electrons. The quantitative estimate of drug-likeness (QED) is 0.0269. The fraction of sp³-hybridized carbons (Fsp3) is 0.908. The molecule has 0 radical (unpaired) electrons. The number of hydrogen-bond donors (Lipinski definition) is 0. The number of carbonyl (C=O) groups is 2. The van der Waals surface area contributed by atoms with E-state index >= 15 is 0 Å². The number of esters is 1. The second-order valence-electron chi connectivity index (χ2n) is 25.1. The lowest BCUT2D eigenvalue weighted by atomic mass is 9.47. The Morgan fingerprint density at radius 2 is 1.31 bits per heavy atom. The lowest BCUT2D eigenvalue weighted by molar-refractivity contribution is -0.150. The Morgan fingerprint density at radius 3 is 1.90 bits per heavy atom. The number of ether oxygens (including phenoxy) is 2. The Hall–Kier alpha value is -1.46. The maximum atomic E-state index is 12.6. The van der Waals surface area contributed by atoms with Gasteiger partial charge in [0.05, 0.1) is 6.10 Å². The SMILES string of the molecule is CCC(/C=C/C(C)C1CCC2C3CC=C4CC(OC)CCC4(C)C3CCC12C)C(C)C.CCCCCCCCC(CCCCCCCC)OC(=O)CCCCCCC(CCCCCC=O)CCN(C)C. The summed E-state index contributed by atoms with van der Waals surface area (Å²) in [6.07, 6.45) is 52.6. The number of unbranched alkanes of at least 4 members (excludes halogenated alkanes) is 16. The summed E-state index contributed by atoms with van der Waals surface area (Å²) in [5.74, 6) is 6.71. The summed E-state index contributed by atoms with van der Waals surface area (Å²) in [4.78, 5) is 25.5. The molecule has 0 amide bonds. The minimum absolute atomic E-state index is 0.0381. The standard InChI is InChI=1S/C35H69NO3.C30H50O/c1-5-7-9-11-13-21-27-34(28-22-14-12-10-8-6-2)39-35(38)29-23-16-15-19-25-33(30-31-36(3)4)26-20-17-18-24-32-37;1-8-22(20(2)3)10-9-21(4)26-13-14-27-25-12-11-23-19-24(31-7)15-17-29(23,5)28(25)16-18-30(26,27)6/h32-34H,5-31H2,1-4H3;9-11,20-22,24-28H,8,12-19H2,1-7H3/b;10-9+. The van der Waals surface area contributed by atoms with Crippen LogP contribution < -0.4 is 0 Å². The number of methoxy groups -OCH3 is 1. The number of rotatable bonds is 37. The first-order valence-electron chi connectivity index (χ1n) is 31.0. The van der Waals surface area contributed by atoms with E-state index in [2.05, 4.69) is 92.6 Å². The smallest absolute Gasteiger partial charge is 0.306 e. The summed E-state index contributed by atoms with van der Waals surface area (Å²) in [5.41, 5.74) is 2.75. The van der Waals surface area contributed by atoms with Crippen molar-refractivity contribution >= 4 is 12.3 Å². The molecule has 4 aliphatic carbocycles. The molecule has 5 heteroatoms. The van der Waals surface area contributed by atoms with Gasteiger partial charge < -0.3 is 19.2 Å². The van der Waals surface area contributed by atoms with Crippen LogP contribution in [0.3, 0.4) is 0 Å². The monoisotopic (exact) mass is 978 g/mol. The molecule has 0 aromatic heterocycles. The molecule has 0 aromatic carbocycles. The van der Waals surface area contributed by atoms with Gasteiger partial charge in [-0.3, -0.25) is 4.79 Å². The highest BCUT2D eigenvalue weighted by atomic mass is 16.5. The third-order valence-electron chi connectivity index (χ3n) is 19.3. The summed E-state index contributed by atoms with van der Waals surface area (Å²) in [7, 11) is 6.22. The first-order valence-corrected chi connectivity index (χ1v) is 31.0. The molecule has 0 heterocycles. The van der Waals surface area contributed by atoms with Gasteiger partial charge in [-0.15, -0.1) is 0 Å². The topological polar surface area (TPSA) is 55.8 Å². The van der Waals surface area contributed by atoms with E-state index in [0.29, 0.717) is 29.8 Å². The highest BCUT2D eigenvalue weighted by Gasteiger charge is 2.59. The van der Waals surface area contributed by atoms with Crippen LogP contribution in [0, 0.1) is 58.2 Å². The van der Waals surface area contributed by atoms with Gasteiger partial charge >= 0.3 is 5.97 Å². The molecule has 0 saturated heterocycles. The van der Waals surface area contributed by atoms with Crippen molar-refractivity contribution < 1.29 is 19.1 Å². The van der Waals surface area contributed by atoms with E-state index in [9.17, 15) is 9.59 Å². The number of fused-ring (bicyclic) bond motifs is 5. The zero-order chi connectivity index (χ0) is 51.2. The van der Waals surface area contributed by atoms with Crippen molar-refractivity contribution in [2.75, 3.05) is 27.7 Å². The summed E-state index contributed by atoms with van der Waals surface area (Å²) in [6.45, 7) is 20.6. The van der Waals surface area contributed by atoms with Crippen LogP contribution in [0.2, 0.25) is 0 Å². The van der Waals surface area contributed by atoms with Gasteiger partial charge in [0, 0.05) is 20.0 Å². The summed E-state index contributed by atoms with van der Waals surface area (Å²) in [5, 5.41) is 0. The van der Waals surface area contributed by atoms with Crippen LogP contribution in [0.4, 0.5) is 0 Å². The molecule has 3 fully saturated rings. The predicted octanol–water partition coefficient (Wildman–Crippen LogP) is 18.9. The maximum absolute atomic E-state index is 12.6. The van der Waals surface area contributed by atoms with Crippen molar-refractivity contribution in [3.8, 4) is 0 Å². The van der Waals surface area contributed by atoms with Crippen LogP contribution in [0.15, 0.2) is 23.8 Å². The van der Waals surface area contributed by atoms with Crippen LogP contribution in [-0.2, 0) is 19.1 Å². The van der Waals surface area contributed by atoms with E-state index in [1.807, 2.05) is 7.11 Å². The third-order valence-corrected chi connectivity index (χ3v) is 19.3. The van der Waals surface area contributed by atoms with Crippen molar-refractivity contribution in [3.05, 3.63) is 23.8 Å². The third kappa shape index (κ3) is 21.8. The Morgan fingerprint density at radius 1 is 0.714 bits per heavy atom. The van der Waals surface area contributed by atoms with Gasteiger partial charge in [-0.25, -0.2) is 0 Å². The Balaban J connectivity index is 0.000000378. The molecule has 0 aliphatic heterocycles. The number of carbonyl (C=O) groups excluding carboxylic acids is 2. The number of nitrogens with zero attached hydrogens (tertiary/aromatic N) is 1. The summed E-state index contributed by atoms with van der Waals surface area (Å²) in [6, 6.07) is 0. The zero-order valence-electron chi connectivity index (χ0n) is 48.6. The molecule has 10 atom stereocenters. The first-order chi connectivity index (χ1) is 33.8. The number of allylic oxidation sites excluding steroid dienone is 3. The number of aldehydes is 1. The Kier molecular flexibility index (Phi) is 32.0. The Labute approximate surface area is 436 Å². The van der Waals surface area contributed by atoms with E-state index in [-0.39, 0.29) is 12.1 Å². The van der Waals surface area contributed by atoms with E-state index in [1.165, 1.54) is 180 Å². The lowest BCUT2D eigenvalue weighted by Gasteiger charge is -2.58. The number of hydrogen-bond acceptors (Lipinski definition) is 5. The van der Waals surface area contributed by atoms with Gasteiger partial charge in [-0.1, -0.05) is 188 Å². The fourth-order valence-electron chi connectivity index (χ4n) is 14.6. The van der Waals surface area contributed by atoms with Gasteiger partial charge in [-0.05, 0) is 182 Å². The normalized spacial score (nSPS) is 26.6.